The highest BCUT2D eigenvalue weighted by Gasteiger charge is 2.43. The summed E-state index contributed by atoms with van der Waals surface area (Å²) in [6.45, 7) is 0. The van der Waals surface area contributed by atoms with E-state index in [-0.39, 0.29) is 5.69 Å². The topological polar surface area (TPSA) is 98.5 Å². The van der Waals surface area contributed by atoms with Gasteiger partial charge in [-0.1, -0.05) is 18.6 Å². The van der Waals surface area contributed by atoms with Crippen molar-refractivity contribution in [1.82, 2.24) is 0 Å². The molecule has 1 saturated carbocycles. The number of nitrogens with zero attached hydrogens (tertiary/aromatic N) is 1. The van der Waals surface area contributed by atoms with Crippen molar-refractivity contribution < 1.29 is 19.2 Å². The van der Waals surface area contributed by atoms with Gasteiger partial charge in [0.25, 0.3) is 11.6 Å². The van der Waals surface area contributed by atoms with E-state index in [1.54, 1.807) is 12.1 Å². The van der Waals surface area contributed by atoms with E-state index in [0.29, 0.717) is 24.1 Å². The van der Waals surface area contributed by atoms with Crippen molar-refractivity contribution in [3.8, 4) is 0 Å². The van der Waals surface area contributed by atoms with Crippen molar-refractivity contribution in [1.29, 1.82) is 0 Å². The minimum atomic E-state index is -1.24. The second-order valence-electron chi connectivity index (χ2n) is 6.68. The van der Waals surface area contributed by atoms with Crippen LogP contribution in [0.15, 0.2) is 48.5 Å². The van der Waals surface area contributed by atoms with E-state index in [2.05, 4.69) is 27.9 Å². The molecule has 3 rings (SSSR count). The second kappa shape index (κ2) is 8.68. The Hall–Kier alpha value is -2.49. The lowest BCUT2D eigenvalue weighted by molar-refractivity contribution is -0.384. The van der Waals surface area contributed by atoms with E-state index in [1.165, 1.54) is 24.3 Å². The Morgan fingerprint density at radius 3 is 2.29 bits per heavy atom. The van der Waals surface area contributed by atoms with E-state index in [0.717, 1.165) is 22.8 Å². The average Bonchev–Trinajstić information content (AvgIpc) is 2.69. The number of ether oxygens (including phenoxy) is 1. The molecule has 8 heteroatoms. The SMILES string of the molecule is O=C(OC1(C(=O)Nc2ccc([N+](=O)[O-])cc2)CCCCC1)c1ccccc1I. The van der Waals surface area contributed by atoms with Gasteiger partial charge in [-0.05, 0) is 72.5 Å². The molecular weight excluding hydrogens is 475 g/mol. The van der Waals surface area contributed by atoms with Crippen LogP contribution in [0.5, 0.6) is 0 Å². The number of esters is 1. The summed E-state index contributed by atoms with van der Waals surface area (Å²) in [6, 6.07) is 12.6. The monoisotopic (exact) mass is 494 g/mol. The predicted molar refractivity (Wildman–Crippen MR) is 112 cm³/mol. The highest BCUT2D eigenvalue weighted by atomic mass is 127. The van der Waals surface area contributed by atoms with Crippen molar-refractivity contribution >= 4 is 45.8 Å². The number of amides is 1. The van der Waals surface area contributed by atoms with Gasteiger partial charge in [-0.15, -0.1) is 0 Å². The quantitative estimate of drug-likeness (QED) is 0.281. The molecule has 0 heterocycles. The standard InChI is InChI=1S/C20H19IN2O5/c21-17-7-3-2-6-16(17)18(24)28-20(12-4-1-5-13-20)19(25)22-14-8-10-15(11-9-14)23(26)27/h2-3,6-11H,1,4-5,12-13H2,(H,22,25). The number of rotatable bonds is 5. The number of halogens is 1. The van der Waals surface area contributed by atoms with Gasteiger partial charge in [-0.2, -0.15) is 0 Å². The van der Waals surface area contributed by atoms with Crippen LogP contribution in [0.2, 0.25) is 0 Å². The molecule has 0 atom stereocenters. The number of carbonyl (C=O) groups is 2. The molecule has 1 N–H and O–H groups in total. The first-order chi connectivity index (χ1) is 13.4. The number of hydrogen-bond acceptors (Lipinski definition) is 5. The minimum absolute atomic E-state index is 0.0598. The number of hydrogen-bond donors (Lipinski definition) is 1. The molecular formula is C20H19IN2O5. The zero-order chi connectivity index (χ0) is 20.1. The van der Waals surface area contributed by atoms with Crippen molar-refractivity contribution in [2.45, 2.75) is 37.7 Å². The van der Waals surface area contributed by atoms with Crippen LogP contribution in [0, 0.1) is 13.7 Å². The lowest BCUT2D eigenvalue weighted by Gasteiger charge is -2.35. The Morgan fingerprint density at radius 2 is 1.68 bits per heavy atom. The van der Waals surface area contributed by atoms with E-state index < -0.39 is 22.4 Å². The fourth-order valence-electron chi connectivity index (χ4n) is 3.27. The Bertz CT molecular complexity index is 892. The van der Waals surface area contributed by atoms with Crippen molar-refractivity contribution in [3.05, 3.63) is 67.8 Å². The molecule has 1 amide bonds. The van der Waals surface area contributed by atoms with Crippen LogP contribution in [0.1, 0.15) is 42.5 Å². The lowest BCUT2D eigenvalue weighted by Crippen LogP contribution is -2.48. The average molecular weight is 494 g/mol. The maximum Gasteiger partial charge on any atom is 0.340 e. The van der Waals surface area contributed by atoms with Crippen LogP contribution >= 0.6 is 22.6 Å². The van der Waals surface area contributed by atoms with Crippen LogP contribution in [0.3, 0.4) is 0 Å². The van der Waals surface area contributed by atoms with Gasteiger partial charge in [0.05, 0.1) is 10.5 Å². The van der Waals surface area contributed by atoms with Crippen molar-refractivity contribution in [2.75, 3.05) is 5.32 Å². The molecule has 0 unspecified atom stereocenters. The van der Waals surface area contributed by atoms with Crippen LogP contribution in [0.25, 0.3) is 0 Å². The van der Waals surface area contributed by atoms with Gasteiger partial charge in [0, 0.05) is 21.4 Å². The molecule has 146 valence electrons. The van der Waals surface area contributed by atoms with Gasteiger partial charge in [0.15, 0.2) is 5.60 Å². The summed E-state index contributed by atoms with van der Waals surface area (Å²) >= 11 is 2.06. The van der Waals surface area contributed by atoms with Crippen molar-refractivity contribution in [2.24, 2.45) is 0 Å². The molecule has 1 aliphatic rings. The van der Waals surface area contributed by atoms with Crippen LogP contribution in [-0.2, 0) is 9.53 Å². The maximum atomic E-state index is 13.0. The molecule has 1 fully saturated rings. The third-order valence-corrected chi connectivity index (χ3v) is 5.73. The zero-order valence-corrected chi connectivity index (χ0v) is 17.2. The second-order valence-corrected chi connectivity index (χ2v) is 7.84. The number of nitro groups is 1. The van der Waals surface area contributed by atoms with Gasteiger partial charge >= 0.3 is 5.97 Å². The number of benzene rings is 2. The highest BCUT2D eigenvalue weighted by Crippen LogP contribution is 2.34. The smallest absolute Gasteiger partial charge is 0.340 e. The largest absolute Gasteiger partial charge is 0.445 e. The van der Waals surface area contributed by atoms with Gasteiger partial charge in [-0.3, -0.25) is 14.9 Å². The fourth-order valence-corrected chi connectivity index (χ4v) is 3.88. The summed E-state index contributed by atoms with van der Waals surface area (Å²) in [6.07, 6.45) is 3.44. The van der Waals surface area contributed by atoms with Gasteiger partial charge in [-0.25, -0.2) is 4.79 Å². The lowest BCUT2D eigenvalue weighted by atomic mass is 9.83. The zero-order valence-electron chi connectivity index (χ0n) is 15.0. The first kappa shape index (κ1) is 20.2. The van der Waals surface area contributed by atoms with Gasteiger partial charge < -0.3 is 10.1 Å². The van der Waals surface area contributed by atoms with Crippen LogP contribution in [0.4, 0.5) is 11.4 Å². The molecule has 2 aromatic carbocycles. The summed E-state index contributed by atoms with van der Waals surface area (Å²) < 4.78 is 6.53. The van der Waals surface area contributed by atoms with Crippen molar-refractivity contribution in [3.63, 3.8) is 0 Å². The van der Waals surface area contributed by atoms with Gasteiger partial charge in [0.2, 0.25) is 0 Å². The number of non-ortho nitro benzene ring substituents is 1. The minimum Gasteiger partial charge on any atom is -0.445 e. The molecule has 2 aromatic rings. The Labute approximate surface area is 175 Å². The summed E-state index contributed by atoms with van der Waals surface area (Å²) in [5.41, 5.74) is -0.451. The first-order valence-corrected chi connectivity index (χ1v) is 10.0. The summed E-state index contributed by atoms with van der Waals surface area (Å²) in [7, 11) is 0. The Kier molecular flexibility index (Phi) is 6.28. The van der Waals surface area contributed by atoms with E-state index in [1.807, 2.05) is 12.1 Å². The third kappa shape index (κ3) is 4.49. The summed E-state index contributed by atoms with van der Waals surface area (Å²) in [4.78, 5) is 36.0. The number of nitro benzene ring substituents is 1. The molecule has 0 bridgehead atoms. The number of carbonyl (C=O) groups excluding carboxylic acids is 2. The Balaban J connectivity index is 1.80. The molecule has 0 saturated heterocycles. The predicted octanol–water partition coefficient (Wildman–Crippen LogP) is 4.70. The maximum absolute atomic E-state index is 13.0. The molecule has 0 aliphatic heterocycles. The molecule has 28 heavy (non-hydrogen) atoms. The third-order valence-electron chi connectivity index (χ3n) is 4.79. The fraction of sp³-hybridized carbons (Fsp3) is 0.300. The number of nitrogens with one attached hydrogen (secondary N) is 1. The molecule has 7 nitrogen and oxygen atoms in total. The summed E-state index contributed by atoms with van der Waals surface area (Å²) in [5.74, 6) is -0.925. The van der Waals surface area contributed by atoms with E-state index in [4.69, 9.17) is 4.74 Å². The van der Waals surface area contributed by atoms with Crippen LogP contribution in [-0.4, -0.2) is 22.4 Å². The molecule has 0 aromatic heterocycles. The first-order valence-electron chi connectivity index (χ1n) is 8.95. The molecule has 1 aliphatic carbocycles. The normalized spacial score (nSPS) is 15.5. The number of anilines is 1. The molecule has 0 spiro atoms. The highest BCUT2D eigenvalue weighted by molar-refractivity contribution is 14.1. The van der Waals surface area contributed by atoms with Crippen LogP contribution < -0.4 is 5.32 Å². The molecule has 0 radical (unpaired) electrons. The van der Waals surface area contributed by atoms with Gasteiger partial charge in [0.1, 0.15) is 0 Å². The Morgan fingerprint density at radius 1 is 1.04 bits per heavy atom. The van der Waals surface area contributed by atoms with E-state index >= 15 is 0 Å². The van der Waals surface area contributed by atoms with E-state index in [9.17, 15) is 19.7 Å². The summed E-state index contributed by atoms with van der Waals surface area (Å²) in [5, 5.41) is 13.5.